The van der Waals surface area contributed by atoms with Crippen molar-refractivity contribution in [2.75, 3.05) is 11.9 Å². The van der Waals surface area contributed by atoms with E-state index in [2.05, 4.69) is 0 Å². The lowest BCUT2D eigenvalue weighted by Crippen LogP contribution is -2.41. The van der Waals surface area contributed by atoms with E-state index in [0.717, 1.165) is 18.6 Å². The fourth-order valence-electron chi connectivity index (χ4n) is 1.77. The summed E-state index contributed by atoms with van der Waals surface area (Å²) in [4.78, 5) is 1.87. The van der Waals surface area contributed by atoms with Crippen molar-refractivity contribution in [2.45, 2.75) is 38.9 Å². The summed E-state index contributed by atoms with van der Waals surface area (Å²) in [5, 5.41) is 0. The molecule has 0 spiro atoms. The van der Waals surface area contributed by atoms with Crippen LogP contribution >= 0.6 is 12.2 Å². The summed E-state index contributed by atoms with van der Waals surface area (Å²) < 4.78 is 38.3. The third-order valence-electron chi connectivity index (χ3n) is 3.72. The van der Waals surface area contributed by atoms with Crippen LogP contribution in [0.15, 0.2) is 18.2 Å². The highest BCUT2D eigenvalue weighted by Crippen LogP contribution is 2.34. The Hall–Kier alpha value is -1.30. The highest BCUT2D eigenvalue weighted by atomic mass is 32.1. The minimum Gasteiger partial charge on any atom is -0.389 e. The first-order chi connectivity index (χ1) is 9.00. The molecule has 20 heavy (non-hydrogen) atoms. The molecule has 6 heteroatoms. The Morgan fingerprint density at radius 1 is 1.30 bits per heavy atom. The molecule has 0 unspecified atom stereocenters. The lowest BCUT2D eigenvalue weighted by Gasteiger charge is -2.38. The van der Waals surface area contributed by atoms with Gasteiger partial charge in [0.2, 0.25) is 0 Å². The zero-order valence-corrected chi connectivity index (χ0v) is 12.8. The molecule has 0 saturated carbocycles. The molecular formula is C14H19F3N2S. The number of alkyl halides is 3. The Morgan fingerprint density at radius 3 is 2.25 bits per heavy atom. The van der Waals surface area contributed by atoms with E-state index in [9.17, 15) is 13.2 Å². The number of benzene rings is 1. The Kier molecular flexibility index (Phi) is 4.69. The number of hydrogen-bond acceptors (Lipinski definition) is 2. The van der Waals surface area contributed by atoms with Gasteiger partial charge in [-0.25, -0.2) is 0 Å². The van der Waals surface area contributed by atoms with Gasteiger partial charge in [-0.15, -0.1) is 0 Å². The van der Waals surface area contributed by atoms with Gasteiger partial charge in [-0.2, -0.15) is 13.2 Å². The molecule has 0 atom stereocenters. The van der Waals surface area contributed by atoms with Crippen LogP contribution in [0.1, 0.15) is 38.3 Å². The summed E-state index contributed by atoms with van der Waals surface area (Å²) in [5.74, 6) is 0. The summed E-state index contributed by atoms with van der Waals surface area (Å²) in [5.41, 5.74) is 5.49. The Labute approximate surface area is 122 Å². The highest BCUT2D eigenvalue weighted by molar-refractivity contribution is 7.80. The third kappa shape index (κ3) is 3.42. The van der Waals surface area contributed by atoms with Crippen LogP contribution in [-0.2, 0) is 6.18 Å². The third-order valence-corrected chi connectivity index (χ3v) is 3.94. The van der Waals surface area contributed by atoms with E-state index in [1.165, 1.54) is 6.07 Å². The smallest absolute Gasteiger partial charge is 0.389 e. The number of anilines is 1. The molecule has 1 aromatic rings. The molecule has 2 N–H and O–H groups in total. The van der Waals surface area contributed by atoms with Gasteiger partial charge in [-0.05, 0) is 38.5 Å². The highest BCUT2D eigenvalue weighted by Gasteiger charge is 2.32. The minimum absolute atomic E-state index is 0.0372. The zero-order chi connectivity index (χ0) is 15.7. The monoisotopic (exact) mass is 304 g/mol. The van der Waals surface area contributed by atoms with E-state index in [0.29, 0.717) is 5.69 Å². The Bertz CT molecular complexity index is 510. The summed E-state index contributed by atoms with van der Waals surface area (Å²) in [7, 11) is 1.83. The van der Waals surface area contributed by atoms with Gasteiger partial charge >= 0.3 is 6.18 Å². The standard InChI is InChI=1S/C14H19F3N2S/c1-5-13(2,3)19(4)11-7-6-9(14(15,16)17)8-10(11)12(18)20/h6-8H,5H2,1-4H3,(H2,18,20). The van der Waals surface area contributed by atoms with Gasteiger partial charge in [0, 0.05) is 23.8 Å². The molecule has 0 heterocycles. The quantitative estimate of drug-likeness (QED) is 0.854. The average molecular weight is 304 g/mol. The number of nitrogens with two attached hydrogens (primary N) is 1. The van der Waals surface area contributed by atoms with Gasteiger partial charge in [0.15, 0.2) is 0 Å². The Morgan fingerprint density at radius 2 is 1.85 bits per heavy atom. The molecule has 0 amide bonds. The van der Waals surface area contributed by atoms with Crippen molar-refractivity contribution in [3.8, 4) is 0 Å². The lowest BCUT2D eigenvalue weighted by molar-refractivity contribution is -0.137. The number of nitrogens with zero attached hydrogens (tertiary/aromatic N) is 1. The van der Waals surface area contributed by atoms with Gasteiger partial charge in [0.05, 0.1) is 5.56 Å². The fourth-order valence-corrected chi connectivity index (χ4v) is 1.93. The van der Waals surface area contributed by atoms with Crippen molar-refractivity contribution in [3.63, 3.8) is 0 Å². The summed E-state index contributed by atoms with van der Waals surface area (Å²) in [6, 6.07) is 3.49. The number of rotatable bonds is 4. The number of hydrogen-bond donors (Lipinski definition) is 1. The van der Waals surface area contributed by atoms with Gasteiger partial charge in [-0.3, -0.25) is 0 Å². The molecule has 0 radical (unpaired) electrons. The number of halogens is 3. The summed E-state index contributed by atoms with van der Waals surface area (Å²) >= 11 is 4.89. The minimum atomic E-state index is -4.41. The molecule has 0 bridgehead atoms. The van der Waals surface area contributed by atoms with Crippen LogP contribution in [0.2, 0.25) is 0 Å². The van der Waals surface area contributed by atoms with Crippen molar-refractivity contribution in [3.05, 3.63) is 29.3 Å². The molecule has 2 nitrogen and oxygen atoms in total. The molecule has 0 aliphatic rings. The summed E-state index contributed by atoms with van der Waals surface area (Å²) in [6.07, 6.45) is -3.57. The predicted octanol–water partition coefficient (Wildman–Crippen LogP) is 3.96. The van der Waals surface area contributed by atoms with Crippen LogP contribution in [0.25, 0.3) is 0 Å². The van der Waals surface area contributed by atoms with E-state index in [1.54, 1.807) is 0 Å². The van der Waals surface area contributed by atoms with Crippen LogP contribution in [0.3, 0.4) is 0 Å². The molecule has 0 aliphatic heterocycles. The van der Waals surface area contributed by atoms with Crippen LogP contribution in [0.4, 0.5) is 18.9 Å². The SMILES string of the molecule is CCC(C)(C)N(C)c1ccc(C(F)(F)F)cc1C(N)=S. The van der Waals surface area contributed by atoms with Crippen molar-refractivity contribution in [1.29, 1.82) is 0 Å². The topological polar surface area (TPSA) is 29.3 Å². The second-order valence-corrected chi connectivity index (χ2v) is 5.76. The zero-order valence-electron chi connectivity index (χ0n) is 12.0. The van der Waals surface area contributed by atoms with Gasteiger partial charge in [0.1, 0.15) is 4.99 Å². The van der Waals surface area contributed by atoms with E-state index in [4.69, 9.17) is 18.0 Å². The van der Waals surface area contributed by atoms with E-state index < -0.39 is 11.7 Å². The summed E-state index contributed by atoms with van der Waals surface area (Å²) in [6.45, 7) is 6.03. The van der Waals surface area contributed by atoms with Crippen LogP contribution in [0, 0.1) is 0 Å². The van der Waals surface area contributed by atoms with Crippen molar-refractivity contribution >= 4 is 22.9 Å². The predicted molar refractivity (Wildman–Crippen MR) is 80.1 cm³/mol. The van der Waals surface area contributed by atoms with Gasteiger partial charge in [-0.1, -0.05) is 19.1 Å². The molecular weight excluding hydrogens is 285 g/mol. The largest absolute Gasteiger partial charge is 0.416 e. The van der Waals surface area contributed by atoms with Crippen LogP contribution in [-0.4, -0.2) is 17.6 Å². The first-order valence-corrected chi connectivity index (χ1v) is 6.66. The van der Waals surface area contributed by atoms with E-state index in [-0.39, 0.29) is 16.1 Å². The molecule has 0 aliphatic carbocycles. The van der Waals surface area contributed by atoms with Crippen molar-refractivity contribution < 1.29 is 13.2 Å². The lowest BCUT2D eigenvalue weighted by atomic mass is 9.97. The maximum atomic E-state index is 12.8. The van der Waals surface area contributed by atoms with Crippen LogP contribution in [0.5, 0.6) is 0 Å². The second kappa shape index (κ2) is 5.60. The second-order valence-electron chi connectivity index (χ2n) is 5.32. The molecule has 0 fully saturated rings. The van der Waals surface area contributed by atoms with Gasteiger partial charge in [0.25, 0.3) is 0 Å². The Balaban J connectivity index is 3.39. The molecule has 112 valence electrons. The molecule has 1 aromatic carbocycles. The molecule has 0 saturated heterocycles. The van der Waals surface area contributed by atoms with Gasteiger partial charge < -0.3 is 10.6 Å². The normalized spacial score (nSPS) is 12.3. The first-order valence-electron chi connectivity index (χ1n) is 6.25. The maximum Gasteiger partial charge on any atom is 0.416 e. The van der Waals surface area contributed by atoms with E-state index >= 15 is 0 Å². The molecule has 1 rings (SSSR count). The first kappa shape index (κ1) is 16.8. The average Bonchev–Trinajstić information content (AvgIpc) is 2.35. The van der Waals surface area contributed by atoms with Crippen LogP contribution < -0.4 is 10.6 Å². The molecule has 0 aromatic heterocycles. The van der Waals surface area contributed by atoms with Crippen molar-refractivity contribution in [2.24, 2.45) is 5.73 Å². The number of thiocarbonyl (C=S) groups is 1. The van der Waals surface area contributed by atoms with E-state index in [1.807, 2.05) is 32.7 Å². The maximum absolute atomic E-state index is 12.8. The van der Waals surface area contributed by atoms with Crippen molar-refractivity contribution in [1.82, 2.24) is 0 Å². The fraction of sp³-hybridized carbons (Fsp3) is 0.500.